The minimum Gasteiger partial charge on any atom is -0.377 e. The monoisotopic (exact) mass is 286 g/mol. The van der Waals surface area contributed by atoms with Crippen LogP contribution in [0.3, 0.4) is 0 Å². The highest BCUT2D eigenvalue weighted by atomic mass is 16.5. The SMILES string of the molecule is CCC1COCCN1C(=O)c1cc(C)ccc1C#CCN. The van der Waals surface area contributed by atoms with E-state index < -0.39 is 0 Å². The van der Waals surface area contributed by atoms with Crippen LogP contribution in [0.15, 0.2) is 18.2 Å². The number of hydrogen-bond donors (Lipinski definition) is 1. The van der Waals surface area contributed by atoms with Gasteiger partial charge in [0.2, 0.25) is 0 Å². The number of morpholine rings is 1. The fraction of sp³-hybridized carbons (Fsp3) is 0.471. The molecule has 1 aromatic carbocycles. The molecular weight excluding hydrogens is 264 g/mol. The normalized spacial score (nSPS) is 18.0. The molecular formula is C17H22N2O2. The van der Waals surface area contributed by atoms with Crippen molar-refractivity contribution in [3.63, 3.8) is 0 Å². The smallest absolute Gasteiger partial charge is 0.255 e. The van der Waals surface area contributed by atoms with Crippen molar-refractivity contribution >= 4 is 5.91 Å². The Kier molecular flexibility index (Phi) is 5.38. The van der Waals surface area contributed by atoms with Crippen molar-refractivity contribution in [3.8, 4) is 11.8 Å². The van der Waals surface area contributed by atoms with Crippen LogP contribution in [-0.2, 0) is 4.74 Å². The van der Waals surface area contributed by atoms with Crippen molar-refractivity contribution in [3.05, 3.63) is 34.9 Å². The number of benzene rings is 1. The average molecular weight is 286 g/mol. The second-order valence-corrected chi connectivity index (χ2v) is 5.19. The fourth-order valence-electron chi connectivity index (χ4n) is 2.51. The van der Waals surface area contributed by atoms with Crippen molar-refractivity contribution in [2.24, 2.45) is 5.73 Å². The largest absolute Gasteiger partial charge is 0.377 e. The Balaban J connectivity index is 2.35. The molecule has 1 aliphatic heterocycles. The lowest BCUT2D eigenvalue weighted by atomic mass is 10.0. The van der Waals surface area contributed by atoms with Gasteiger partial charge in [-0.15, -0.1) is 0 Å². The molecule has 1 aliphatic rings. The van der Waals surface area contributed by atoms with Crippen molar-refractivity contribution in [2.75, 3.05) is 26.3 Å². The summed E-state index contributed by atoms with van der Waals surface area (Å²) in [5, 5.41) is 0. The summed E-state index contributed by atoms with van der Waals surface area (Å²) in [5.41, 5.74) is 7.90. The van der Waals surface area contributed by atoms with Gasteiger partial charge in [-0.2, -0.15) is 0 Å². The summed E-state index contributed by atoms with van der Waals surface area (Å²) >= 11 is 0. The van der Waals surface area contributed by atoms with Gasteiger partial charge >= 0.3 is 0 Å². The molecule has 1 fully saturated rings. The first-order chi connectivity index (χ1) is 10.2. The third-order valence-electron chi connectivity index (χ3n) is 3.69. The van der Waals surface area contributed by atoms with Gasteiger partial charge < -0.3 is 15.4 Å². The molecule has 0 bridgehead atoms. The molecule has 1 unspecified atom stereocenters. The van der Waals surface area contributed by atoms with Crippen LogP contribution in [0, 0.1) is 18.8 Å². The maximum atomic E-state index is 12.9. The van der Waals surface area contributed by atoms with E-state index in [4.69, 9.17) is 10.5 Å². The molecule has 1 amide bonds. The first kappa shape index (κ1) is 15.6. The Hall–Kier alpha value is -1.83. The number of nitrogens with two attached hydrogens (primary N) is 1. The van der Waals surface area contributed by atoms with Crippen LogP contribution in [0.2, 0.25) is 0 Å². The van der Waals surface area contributed by atoms with E-state index in [0.717, 1.165) is 17.5 Å². The number of amides is 1. The molecule has 0 saturated carbocycles. The van der Waals surface area contributed by atoms with Gasteiger partial charge in [-0.25, -0.2) is 0 Å². The Morgan fingerprint density at radius 2 is 2.33 bits per heavy atom. The first-order valence-electron chi connectivity index (χ1n) is 7.35. The first-order valence-corrected chi connectivity index (χ1v) is 7.35. The average Bonchev–Trinajstić information content (AvgIpc) is 2.53. The van der Waals surface area contributed by atoms with Gasteiger partial charge in [0, 0.05) is 12.1 Å². The molecule has 1 aromatic rings. The third-order valence-corrected chi connectivity index (χ3v) is 3.69. The van der Waals surface area contributed by atoms with Crippen molar-refractivity contribution in [1.82, 2.24) is 4.90 Å². The number of carbonyl (C=O) groups excluding carboxylic acids is 1. The fourth-order valence-corrected chi connectivity index (χ4v) is 2.51. The van der Waals surface area contributed by atoms with Crippen LogP contribution < -0.4 is 5.73 Å². The minimum atomic E-state index is 0.0372. The maximum absolute atomic E-state index is 12.9. The summed E-state index contributed by atoms with van der Waals surface area (Å²) in [6.45, 7) is 6.18. The van der Waals surface area contributed by atoms with Crippen LogP contribution in [-0.4, -0.2) is 43.2 Å². The number of rotatable bonds is 2. The summed E-state index contributed by atoms with van der Waals surface area (Å²) in [6.07, 6.45) is 0.890. The predicted molar refractivity (Wildman–Crippen MR) is 83.0 cm³/mol. The standard InChI is InChI=1S/C17H22N2O2/c1-3-15-12-21-10-9-19(15)17(20)16-11-13(2)6-7-14(16)5-4-8-18/h6-7,11,15H,3,8-10,12,18H2,1-2H3. The van der Waals surface area contributed by atoms with Gasteiger partial charge in [-0.3, -0.25) is 4.79 Å². The molecule has 1 atom stereocenters. The van der Waals surface area contributed by atoms with Gasteiger partial charge in [0.1, 0.15) is 0 Å². The topological polar surface area (TPSA) is 55.6 Å². The Bertz CT molecular complexity index is 572. The summed E-state index contributed by atoms with van der Waals surface area (Å²) in [7, 11) is 0. The third kappa shape index (κ3) is 3.63. The number of nitrogens with zero attached hydrogens (tertiary/aromatic N) is 1. The van der Waals surface area contributed by atoms with Crippen LogP contribution >= 0.6 is 0 Å². The number of hydrogen-bond acceptors (Lipinski definition) is 3. The highest BCUT2D eigenvalue weighted by Crippen LogP contribution is 2.18. The van der Waals surface area contributed by atoms with E-state index in [9.17, 15) is 4.79 Å². The minimum absolute atomic E-state index is 0.0372. The summed E-state index contributed by atoms with van der Waals surface area (Å²) in [4.78, 5) is 14.8. The molecule has 0 aromatic heterocycles. The van der Waals surface area contributed by atoms with Crippen molar-refractivity contribution < 1.29 is 9.53 Å². The van der Waals surface area contributed by atoms with Gasteiger partial charge in [0.15, 0.2) is 0 Å². The van der Waals surface area contributed by atoms with E-state index in [1.54, 1.807) is 0 Å². The molecule has 2 rings (SSSR count). The summed E-state index contributed by atoms with van der Waals surface area (Å²) in [6, 6.07) is 5.91. The predicted octanol–water partition coefficient (Wildman–Crippen LogP) is 1.56. The Morgan fingerprint density at radius 3 is 3.05 bits per heavy atom. The van der Waals surface area contributed by atoms with Gasteiger partial charge in [-0.05, 0) is 25.5 Å². The highest BCUT2D eigenvalue weighted by molar-refractivity contribution is 5.97. The van der Waals surface area contributed by atoms with Crippen molar-refractivity contribution in [2.45, 2.75) is 26.3 Å². The van der Waals surface area contributed by atoms with Gasteiger partial charge in [0.25, 0.3) is 5.91 Å². The maximum Gasteiger partial charge on any atom is 0.255 e. The molecule has 1 saturated heterocycles. The molecule has 21 heavy (non-hydrogen) atoms. The van der Waals surface area contributed by atoms with Gasteiger partial charge in [-0.1, -0.05) is 30.4 Å². The molecule has 1 heterocycles. The van der Waals surface area contributed by atoms with Crippen LogP contribution in [0.5, 0.6) is 0 Å². The molecule has 0 radical (unpaired) electrons. The lowest BCUT2D eigenvalue weighted by molar-refractivity contribution is -0.00281. The zero-order valence-corrected chi connectivity index (χ0v) is 12.7. The Labute approximate surface area is 126 Å². The molecule has 0 aliphatic carbocycles. The lowest BCUT2D eigenvalue weighted by Crippen LogP contribution is -2.48. The zero-order valence-electron chi connectivity index (χ0n) is 12.7. The number of aryl methyl sites for hydroxylation is 1. The quantitative estimate of drug-likeness (QED) is 0.839. The Morgan fingerprint density at radius 1 is 1.52 bits per heavy atom. The van der Waals surface area contributed by atoms with E-state index in [-0.39, 0.29) is 18.5 Å². The summed E-state index contributed by atoms with van der Waals surface area (Å²) < 4.78 is 5.47. The number of carbonyl (C=O) groups is 1. The van der Waals surface area contributed by atoms with E-state index in [1.165, 1.54) is 0 Å². The van der Waals surface area contributed by atoms with Crippen molar-refractivity contribution in [1.29, 1.82) is 0 Å². The molecule has 2 N–H and O–H groups in total. The zero-order chi connectivity index (χ0) is 15.2. The van der Waals surface area contributed by atoms with Crippen LogP contribution in [0.4, 0.5) is 0 Å². The van der Waals surface area contributed by atoms with E-state index >= 15 is 0 Å². The van der Waals surface area contributed by atoms with E-state index in [2.05, 4.69) is 18.8 Å². The summed E-state index contributed by atoms with van der Waals surface area (Å²) in [5.74, 6) is 5.87. The second-order valence-electron chi connectivity index (χ2n) is 5.19. The molecule has 4 heteroatoms. The van der Waals surface area contributed by atoms with E-state index in [1.807, 2.05) is 30.0 Å². The second kappa shape index (κ2) is 7.26. The van der Waals surface area contributed by atoms with Crippen LogP contribution in [0.25, 0.3) is 0 Å². The molecule has 0 spiro atoms. The molecule has 4 nitrogen and oxygen atoms in total. The lowest BCUT2D eigenvalue weighted by Gasteiger charge is -2.35. The van der Waals surface area contributed by atoms with E-state index in [0.29, 0.717) is 25.3 Å². The van der Waals surface area contributed by atoms with Gasteiger partial charge in [0.05, 0.1) is 31.4 Å². The van der Waals surface area contributed by atoms with Crippen LogP contribution in [0.1, 0.15) is 34.8 Å². The highest BCUT2D eigenvalue weighted by Gasteiger charge is 2.27. The molecule has 112 valence electrons. The number of ether oxygens (including phenoxy) is 1.